The minimum absolute atomic E-state index is 0.120. The molecule has 27 heavy (non-hydrogen) atoms. The fourth-order valence-electron chi connectivity index (χ4n) is 3.35. The number of carbonyl (C=O) groups excluding carboxylic acids is 1. The molecule has 1 fully saturated rings. The number of hydrogen-bond acceptors (Lipinski definition) is 3. The van der Waals surface area contributed by atoms with Crippen molar-refractivity contribution in [2.45, 2.75) is 19.3 Å². The Balaban J connectivity index is 1.31. The Morgan fingerprint density at radius 1 is 0.963 bits per heavy atom. The van der Waals surface area contributed by atoms with Gasteiger partial charge in [-0.25, -0.2) is 4.39 Å². The summed E-state index contributed by atoms with van der Waals surface area (Å²) in [6.07, 6.45) is 2.09. The van der Waals surface area contributed by atoms with Crippen molar-refractivity contribution >= 4 is 5.91 Å². The van der Waals surface area contributed by atoms with Gasteiger partial charge in [0.25, 0.3) is 0 Å². The molecule has 0 bridgehead atoms. The minimum Gasteiger partial charge on any atom is -0.493 e. The Labute approximate surface area is 160 Å². The van der Waals surface area contributed by atoms with Gasteiger partial charge in [0.15, 0.2) is 0 Å². The van der Waals surface area contributed by atoms with E-state index in [0.717, 1.165) is 56.9 Å². The number of para-hydroxylation sites is 1. The van der Waals surface area contributed by atoms with Crippen LogP contribution in [0.4, 0.5) is 4.39 Å². The molecule has 2 aromatic rings. The van der Waals surface area contributed by atoms with E-state index in [1.165, 1.54) is 6.07 Å². The minimum atomic E-state index is -0.120. The molecule has 0 radical (unpaired) electrons. The smallest absolute Gasteiger partial charge is 0.226 e. The van der Waals surface area contributed by atoms with E-state index in [0.29, 0.717) is 13.0 Å². The Bertz CT molecular complexity index is 715. The van der Waals surface area contributed by atoms with Crippen LogP contribution >= 0.6 is 0 Å². The van der Waals surface area contributed by atoms with E-state index in [2.05, 4.69) is 4.90 Å². The molecule has 5 heteroatoms. The largest absolute Gasteiger partial charge is 0.493 e. The average Bonchev–Trinajstić information content (AvgIpc) is 2.71. The van der Waals surface area contributed by atoms with E-state index in [4.69, 9.17) is 4.74 Å². The van der Waals surface area contributed by atoms with Crippen molar-refractivity contribution in [1.82, 2.24) is 9.80 Å². The predicted octanol–water partition coefficient (Wildman–Crippen LogP) is 3.37. The van der Waals surface area contributed by atoms with Gasteiger partial charge in [-0.05, 0) is 43.1 Å². The van der Waals surface area contributed by atoms with Crippen LogP contribution in [-0.4, -0.2) is 55.0 Å². The normalized spacial score (nSPS) is 14.9. The van der Waals surface area contributed by atoms with Gasteiger partial charge in [0.05, 0.1) is 13.0 Å². The van der Waals surface area contributed by atoms with Crippen molar-refractivity contribution < 1.29 is 13.9 Å². The summed E-state index contributed by atoms with van der Waals surface area (Å²) in [6, 6.07) is 16.5. The van der Waals surface area contributed by atoms with Crippen molar-refractivity contribution in [3.63, 3.8) is 0 Å². The van der Waals surface area contributed by atoms with Crippen molar-refractivity contribution in [2.24, 2.45) is 0 Å². The third kappa shape index (κ3) is 6.07. The third-order valence-electron chi connectivity index (χ3n) is 4.93. The van der Waals surface area contributed by atoms with Crippen LogP contribution in [-0.2, 0) is 11.2 Å². The molecule has 0 saturated carbocycles. The van der Waals surface area contributed by atoms with Crippen LogP contribution in [0, 0.1) is 5.82 Å². The van der Waals surface area contributed by atoms with Gasteiger partial charge in [0, 0.05) is 26.2 Å². The summed E-state index contributed by atoms with van der Waals surface area (Å²) in [5, 5.41) is 0. The van der Waals surface area contributed by atoms with E-state index >= 15 is 0 Å². The quantitative estimate of drug-likeness (QED) is 0.714. The molecule has 1 aliphatic rings. The molecule has 3 rings (SSSR count). The summed E-state index contributed by atoms with van der Waals surface area (Å²) in [7, 11) is 0. The van der Waals surface area contributed by atoms with Gasteiger partial charge in [-0.15, -0.1) is 0 Å². The molecule has 1 aliphatic heterocycles. The van der Waals surface area contributed by atoms with Crippen LogP contribution in [0.3, 0.4) is 0 Å². The van der Waals surface area contributed by atoms with Crippen LogP contribution in [0.15, 0.2) is 54.6 Å². The molecule has 144 valence electrons. The number of piperazine rings is 1. The third-order valence-corrected chi connectivity index (χ3v) is 4.93. The lowest BCUT2D eigenvalue weighted by atomic mass is 10.1. The highest BCUT2D eigenvalue weighted by atomic mass is 19.1. The molecule has 1 heterocycles. The maximum Gasteiger partial charge on any atom is 0.226 e. The van der Waals surface area contributed by atoms with Gasteiger partial charge >= 0.3 is 0 Å². The van der Waals surface area contributed by atoms with Crippen molar-refractivity contribution in [3.05, 3.63) is 66.0 Å². The summed E-state index contributed by atoms with van der Waals surface area (Å²) in [6.45, 7) is 4.61. The fourth-order valence-corrected chi connectivity index (χ4v) is 3.35. The number of ether oxygens (including phenoxy) is 1. The molecule has 0 aliphatic carbocycles. The first-order valence-electron chi connectivity index (χ1n) is 9.64. The van der Waals surface area contributed by atoms with Gasteiger partial charge in [-0.2, -0.15) is 0 Å². The Hall–Kier alpha value is -2.40. The SMILES string of the molecule is O=C(CCOc1ccccc1)N1CCN(CCCc2ccccc2F)CC1. The molecular formula is C22H27FN2O2. The summed E-state index contributed by atoms with van der Waals surface area (Å²) in [4.78, 5) is 16.6. The molecule has 1 saturated heterocycles. The van der Waals surface area contributed by atoms with Gasteiger partial charge in [0.2, 0.25) is 5.91 Å². The highest BCUT2D eigenvalue weighted by Gasteiger charge is 2.20. The second-order valence-electron chi connectivity index (χ2n) is 6.83. The van der Waals surface area contributed by atoms with E-state index in [-0.39, 0.29) is 11.7 Å². The summed E-state index contributed by atoms with van der Waals surface area (Å²) >= 11 is 0. The maximum absolute atomic E-state index is 13.6. The molecule has 0 unspecified atom stereocenters. The highest BCUT2D eigenvalue weighted by Crippen LogP contribution is 2.12. The molecule has 0 N–H and O–H groups in total. The predicted molar refractivity (Wildman–Crippen MR) is 104 cm³/mol. The fraction of sp³-hybridized carbons (Fsp3) is 0.409. The number of rotatable bonds is 8. The Morgan fingerprint density at radius 2 is 1.67 bits per heavy atom. The summed E-state index contributed by atoms with van der Waals surface area (Å²) < 4.78 is 19.2. The number of amides is 1. The first-order valence-corrected chi connectivity index (χ1v) is 9.64. The molecule has 0 spiro atoms. The van der Waals surface area contributed by atoms with Gasteiger partial charge in [0.1, 0.15) is 11.6 Å². The lowest BCUT2D eigenvalue weighted by molar-refractivity contribution is -0.133. The van der Waals surface area contributed by atoms with Crippen molar-refractivity contribution in [3.8, 4) is 5.75 Å². The second-order valence-corrected chi connectivity index (χ2v) is 6.83. The number of hydrogen-bond donors (Lipinski definition) is 0. The number of benzene rings is 2. The van der Waals surface area contributed by atoms with E-state index in [1.807, 2.05) is 47.4 Å². The zero-order chi connectivity index (χ0) is 18.9. The van der Waals surface area contributed by atoms with Gasteiger partial charge < -0.3 is 9.64 Å². The number of nitrogens with zero attached hydrogens (tertiary/aromatic N) is 2. The second kappa shape index (κ2) is 10.1. The molecule has 1 amide bonds. The summed E-state index contributed by atoms with van der Waals surface area (Å²) in [5.74, 6) is 0.826. The van der Waals surface area contributed by atoms with Crippen molar-refractivity contribution in [2.75, 3.05) is 39.3 Å². The Kier molecular flexibility index (Phi) is 7.22. The molecule has 4 nitrogen and oxygen atoms in total. The number of carbonyl (C=O) groups is 1. The monoisotopic (exact) mass is 370 g/mol. The topological polar surface area (TPSA) is 32.8 Å². The Morgan fingerprint density at radius 3 is 2.41 bits per heavy atom. The van der Waals surface area contributed by atoms with Gasteiger partial charge in [-0.3, -0.25) is 9.69 Å². The van der Waals surface area contributed by atoms with Crippen molar-refractivity contribution in [1.29, 1.82) is 0 Å². The standard InChI is InChI=1S/C22H27FN2O2/c23-21-11-5-4-7-19(21)8-6-13-24-14-16-25(17-15-24)22(26)12-18-27-20-9-2-1-3-10-20/h1-5,7,9-11H,6,8,12-18H2. The van der Waals surface area contributed by atoms with Gasteiger partial charge in [-0.1, -0.05) is 36.4 Å². The first-order chi connectivity index (χ1) is 13.2. The lowest BCUT2D eigenvalue weighted by Crippen LogP contribution is -2.49. The highest BCUT2D eigenvalue weighted by molar-refractivity contribution is 5.76. The number of halogens is 1. The molecule has 2 aromatic carbocycles. The lowest BCUT2D eigenvalue weighted by Gasteiger charge is -2.34. The molecule has 0 atom stereocenters. The van der Waals surface area contributed by atoms with Crippen LogP contribution < -0.4 is 4.74 Å². The van der Waals surface area contributed by atoms with Crippen LogP contribution in [0.1, 0.15) is 18.4 Å². The van der Waals surface area contributed by atoms with Crippen LogP contribution in [0.5, 0.6) is 5.75 Å². The molecular weight excluding hydrogens is 343 g/mol. The van der Waals surface area contributed by atoms with E-state index in [9.17, 15) is 9.18 Å². The van der Waals surface area contributed by atoms with Crippen LogP contribution in [0.2, 0.25) is 0 Å². The first kappa shape index (κ1) is 19.4. The van der Waals surface area contributed by atoms with E-state index in [1.54, 1.807) is 6.07 Å². The average molecular weight is 370 g/mol. The summed E-state index contributed by atoms with van der Waals surface area (Å²) in [5.41, 5.74) is 0.782. The zero-order valence-corrected chi connectivity index (χ0v) is 15.6. The maximum atomic E-state index is 13.6. The zero-order valence-electron chi connectivity index (χ0n) is 15.6. The molecule has 0 aromatic heterocycles. The van der Waals surface area contributed by atoms with E-state index < -0.39 is 0 Å². The van der Waals surface area contributed by atoms with Crippen LogP contribution in [0.25, 0.3) is 0 Å². The number of aryl methyl sites for hydroxylation is 1.